The number of aliphatic imine (C=N–C) groups is 4. The molecule has 1 rings (SSSR count). The molecule has 0 heterocycles. The SMILES string of the molecule is CC1(C)CC(N=C=O)CC(C)(CN=C=O)C1.I.O=C=NCCCCCCN=C=O.[2H]P(I)I.[HH]. The standard InChI is InChI=1S/C12H18N2O2.C8H12N2O2.HI2P.HI.H2/c1-11(2)4-10(14-9-16)5-12(3,6-11)7-13-8-15;11-7-9-5-3-1-2-4-6-10-8-12;1-3-2;;/h10H,4-7H2,1-3H3;1-6H2;3H;2*1H/i;;3D;;. The third-order valence-electron chi connectivity index (χ3n) is 4.60. The van der Waals surface area contributed by atoms with E-state index in [-0.39, 0.29) is 42.3 Å². The van der Waals surface area contributed by atoms with Gasteiger partial charge in [0.1, 0.15) is 0 Å². The van der Waals surface area contributed by atoms with Gasteiger partial charge in [-0.25, -0.2) is 39.1 Å². The minimum absolute atomic E-state index is 0. The molecule has 0 aromatic heterocycles. The fourth-order valence-corrected chi connectivity index (χ4v) is 3.91. The lowest BCUT2D eigenvalue weighted by Gasteiger charge is -2.44. The van der Waals surface area contributed by atoms with E-state index in [9.17, 15) is 19.2 Å². The van der Waals surface area contributed by atoms with E-state index in [1.165, 1.54) is 12.2 Å². The second-order valence-electron chi connectivity index (χ2n) is 8.27. The zero-order chi connectivity index (χ0) is 24.9. The fourth-order valence-electron chi connectivity index (χ4n) is 3.91. The molecule has 1 fully saturated rings. The Bertz CT molecular complexity index is 702. The van der Waals surface area contributed by atoms with Gasteiger partial charge in [0.2, 0.25) is 24.3 Å². The van der Waals surface area contributed by atoms with Crippen LogP contribution in [0.2, 0.25) is 0 Å². The molecule has 0 aliphatic heterocycles. The lowest BCUT2D eigenvalue weighted by Crippen LogP contribution is -2.39. The largest absolute Gasteiger partial charge is 0.235 e. The van der Waals surface area contributed by atoms with Crippen LogP contribution in [0.25, 0.3) is 0 Å². The molecule has 8 nitrogen and oxygen atoms in total. The quantitative estimate of drug-likeness (QED) is 0.0805. The average Bonchev–Trinajstić information content (AvgIpc) is 2.67. The lowest BCUT2D eigenvalue weighted by molar-refractivity contribution is 0.0915. The Kier molecular flexibility index (Phi) is 26.0. The van der Waals surface area contributed by atoms with Crippen molar-refractivity contribution < 1.29 is 20.6 Å². The zero-order valence-corrected chi connectivity index (χ0v) is 26.2. The molecule has 0 radical (unpaired) electrons. The van der Waals surface area contributed by atoms with E-state index in [0.717, 1.165) is 44.9 Å². The van der Waals surface area contributed by atoms with Crippen molar-refractivity contribution in [2.45, 2.75) is 71.8 Å². The highest BCUT2D eigenvalue weighted by molar-refractivity contribution is 14.3. The molecule has 0 N–H and O–H groups in total. The van der Waals surface area contributed by atoms with Crippen molar-refractivity contribution >= 4 is 96.2 Å². The number of hydrogen-bond acceptors (Lipinski definition) is 8. The Hall–Kier alpha value is 0.140. The van der Waals surface area contributed by atoms with Gasteiger partial charge in [-0.2, -0.15) is 0 Å². The van der Waals surface area contributed by atoms with Crippen LogP contribution in [0.4, 0.5) is 0 Å². The van der Waals surface area contributed by atoms with Gasteiger partial charge in [0.15, 0.2) is 0 Å². The summed E-state index contributed by atoms with van der Waals surface area (Å²) < 4.78 is 6.19. The van der Waals surface area contributed by atoms with Gasteiger partial charge in [-0.3, -0.25) is 0 Å². The molecule has 0 saturated heterocycles. The molecule has 2 unspecified atom stereocenters. The Morgan fingerprint density at radius 2 is 1.38 bits per heavy atom. The summed E-state index contributed by atoms with van der Waals surface area (Å²) >= 11 is 4.12. The molecule has 0 aromatic carbocycles. The van der Waals surface area contributed by atoms with Crippen molar-refractivity contribution in [3.63, 3.8) is 0 Å². The van der Waals surface area contributed by atoms with E-state index in [4.69, 9.17) is 1.28 Å². The predicted octanol–water partition coefficient (Wildman–Crippen LogP) is 6.69. The number of carbonyl (C=O) groups excluding carboxylic acids is 4. The van der Waals surface area contributed by atoms with Crippen molar-refractivity contribution in [2.75, 3.05) is 19.6 Å². The van der Waals surface area contributed by atoms with Gasteiger partial charge in [-0.05, 0) is 87.0 Å². The summed E-state index contributed by atoms with van der Waals surface area (Å²) in [5.41, 5.74) is 0.0561. The highest BCUT2D eigenvalue weighted by atomic mass is 127. The Labute approximate surface area is 238 Å². The van der Waals surface area contributed by atoms with Gasteiger partial charge in [-0.1, -0.05) is 33.6 Å². The molecular formula is C20H34I3N4O4P. The molecular weight excluding hydrogens is 772 g/mol. The van der Waals surface area contributed by atoms with Crippen molar-refractivity contribution in [3.05, 3.63) is 0 Å². The lowest BCUT2D eigenvalue weighted by atomic mass is 9.63. The number of hydrogen-bond donors (Lipinski definition) is 0. The highest BCUT2D eigenvalue weighted by Gasteiger charge is 2.41. The minimum atomic E-state index is -0.430. The van der Waals surface area contributed by atoms with Crippen LogP contribution >= 0.6 is 71.9 Å². The van der Waals surface area contributed by atoms with Crippen LogP contribution in [-0.4, -0.2) is 51.3 Å². The normalized spacial score (nSPS) is 20.4. The van der Waals surface area contributed by atoms with E-state index in [1.807, 2.05) is 0 Å². The third kappa shape index (κ3) is 23.3. The van der Waals surface area contributed by atoms with Crippen LogP contribution in [0.5, 0.6) is 0 Å². The smallest absolute Gasteiger partial charge is 0.211 e. The maximum atomic E-state index is 10.3. The van der Waals surface area contributed by atoms with E-state index < -0.39 is 3.81 Å². The van der Waals surface area contributed by atoms with Gasteiger partial charge < -0.3 is 0 Å². The first-order chi connectivity index (χ1) is 15.1. The molecule has 0 aromatic rings. The Morgan fingerprint density at radius 3 is 1.78 bits per heavy atom. The second kappa shape index (κ2) is 24.3. The van der Waals surface area contributed by atoms with Gasteiger partial charge >= 0.3 is 0 Å². The van der Waals surface area contributed by atoms with Crippen LogP contribution < -0.4 is 0 Å². The minimum Gasteiger partial charge on any atom is -0.211 e. The van der Waals surface area contributed by atoms with Gasteiger partial charge in [0.05, 0.1) is 27.0 Å². The summed E-state index contributed by atoms with van der Waals surface area (Å²) in [5, 5.41) is 0. The van der Waals surface area contributed by atoms with E-state index in [0.29, 0.717) is 19.6 Å². The van der Waals surface area contributed by atoms with Crippen LogP contribution in [0.1, 0.15) is 67.1 Å². The highest BCUT2D eigenvalue weighted by Crippen LogP contribution is 2.47. The summed E-state index contributed by atoms with van der Waals surface area (Å²) in [6.45, 7) is 7.97. The van der Waals surface area contributed by atoms with Gasteiger partial charge in [-0.15, -0.1) is 24.0 Å². The van der Waals surface area contributed by atoms with Crippen LogP contribution in [0.15, 0.2) is 20.0 Å². The maximum absolute atomic E-state index is 10.3. The summed E-state index contributed by atoms with van der Waals surface area (Å²) in [6.07, 6.45) is 12.7. The summed E-state index contributed by atoms with van der Waals surface area (Å²) in [6, 6.07) is 0.00750. The van der Waals surface area contributed by atoms with Crippen LogP contribution in [0, 0.1) is 10.8 Å². The molecule has 0 amide bonds. The van der Waals surface area contributed by atoms with Crippen molar-refractivity contribution in [1.29, 1.82) is 1.28 Å². The molecule has 1 saturated carbocycles. The molecule has 0 bridgehead atoms. The monoisotopic (exact) mass is 807 g/mol. The summed E-state index contributed by atoms with van der Waals surface area (Å²) in [4.78, 5) is 54.1. The summed E-state index contributed by atoms with van der Waals surface area (Å²) in [7, 11) is 0. The van der Waals surface area contributed by atoms with Crippen molar-refractivity contribution in [3.8, 4) is 0 Å². The number of rotatable bonds is 10. The number of halogens is 3. The molecule has 0 spiro atoms. The van der Waals surface area contributed by atoms with E-state index >= 15 is 0 Å². The maximum Gasteiger partial charge on any atom is 0.235 e. The topological polar surface area (TPSA) is 118 Å². The van der Waals surface area contributed by atoms with Gasteiger partial charge in [0, 0.05) is 5.24 Å². The van der Waals surface area contributed by atoms with Crippen LogP contribution in [-0.2, 0) is 19.2 Å². The van der Waals surface area contributed by atoms with Crippen LogP contribution in [0.3, 0.4) is 0 Å². The molecule has 2 atom stereocenters. The predicted molar refractivity (Wildman–Crippen MR) is 159 cm³/mol. The first-order valence-corrected chi connectivity index (χ1v) is 16.3. The summed E-state index contributed by atoms with van der Waals surface area (Å²) in [5.74, 6) is 0. The van der Waals surface area contributed by atoms with Gasteiger partial charge in [0.25, 0.3) is 0 Å². The first kappa shape index (κ1) is 34.3. The molecule has 12 heteroatoms. The number of isocyanates is 4. The number of unbranched alkanes of at least 4 members (excludes halogenated alkanes) is 3. The van der Waals surface area contributed by atoms with Crippen molar-refractivity contribution in [1.82, 2.24) is 0 Å². The first-order valence-electron chi connectivity index (χ1n) is 10.3. The fraction of sp³-hybridized carbons (Fsp3) is 0.800. The van der Waals surface area contributed by atoms with E-state index in [1.54, 1.807) is 12.2 Å². The Morgan fingerprint density at radius 1 is 0.906 bits per heavy atom. The van der Waals surface area contributed by atoms with E-state index in [2.05, 4.69) is 84.8 Å². The molecule has 32 heavy (non-hydrogen) atoms. The molecule has 1 aliphatic rings. The third-order valence-corrected chi connectivity index (χ3v) is 4.60. The molecule has 1 aliphatic carbocycles. The van der Waals surface area contributed by atoms with Crippen molar-refractivity contribution in [2.24, 2.45) is 30.8 Å². The number of nitrogens with zero attached hydrogens (tertiary/aromatic N) is 4. The molecule has 184 valence electrons. The second-order valence-corrected chi connectivity index (χ2v) is 16.8. The Balaban J connectivity index is -0.000000223. The zero-order valence-electron chi connectivity index (χ0n) is 19.7. The average molecular weight is 807 g/mol.